The Bertz CT molecular complexity index is 393. The van der Waals surface area contributed by atoms with Gasteiger partial charge >= 0.3 is 0 Å². The fraction of sp³-hybridized carbons (Fsp3) is 0.444. The minimum atomic E-state index is -0.305. The lowest BCUT2D eigenvalue weighted by atomic mass is 10.2. The van der Waals surface area contributed by atoms with E-state index < -0.39 is 0 Å². The highest BCUT2D eigenvalue weighted by Gasteiger charge is 2.08. The zero-order valence-corrected chi connectivity index (χ0v) is 8.00. The molecular weight excluding hydrogens is 168 g/mol. The van der Waals surface area contributed by atoms with Crippen LogP contribution in [0.4, 0.5) is 0 Å². The maximum Gasteiger partial charge on any atom is 0.277 e. The lowest BCUT2D eigenvalue weighted by molar-refractivity contribution is 0.101. The van der Waals surface area contributed by atoms with Crippen LogP contribution < -0.4 is 5.56 Å². The number of hydrogen-bond acceptors (Lipinski definition) is 3. The smallest absolute Gasteiger partial charge is 0.277 e. The van der Waals surface area contributed by atoms with E-state index in [1.54, 1.807) is 6.92 Å². The highest BCUT2D eigenvalue weighted by atomic mass is 16.1. The highest BCUT2D eigenvalue weighted by Crippen LogP contribution is 1.96. The summed E-state index contributed by atoms with van der Waals surface area (Å²) in [5.41, 5.74) is 0.599. The van der Waals surface area contributed by atoms with Crippen LogP contribution in [0.15, 0.2) is 10.9 Å². The van der Waals surface area contributed by atoms with Crippen molar-refractivity contribution in [3.05, 3.63) is 27.7 Å². The van der Waals surface area contributed by atoms with Gasteiger partial charge in [-0.25, -0.2) is 4.68 Å². The molecule has 0 fully saturated rings. The molecule has 1 aromatic heterocycles. The molecule has 1 rings (SSSR count). The van der Waals surface area contributed by atoms with Gasteiger partial charge < -0.3 is 0 Å². The van der Waals surface area contributed by atoms with Gasteiger partial charge in [-0.2, -0.15) is 5.10 Å². The summed E-state index contributed by atoms with van der Waals surface area (Å²) in [5, 5.41) is 3.99. The standard InChI is InChI=1S/C9H12N2O2/c1-4-11-9(13)8(7(3)12)5-6(2)10-11/h5H,4H2,1-3H3. The highest BCUT2D eigenvalue weighted by molar-refractivity contribution is 5.93. The van der Waals surface area contributed by atoms with E-state index in [-0.39, 0.29) is 16.9 Å². The predicted octanol–water partition coefficient (Wildman–Crippen LogP) is 0.774. The molecule has 70 valence electrons. The Kier molecular flexibility index (Phi) is 2.60. The maximum absolute atomic E-state index is 11.5. The number of carbonyl (C=O) groups excluding carboxylic acids is 1. The van der Waals surface area contributed by atoms with E-state index in [0.29, 0.717) is 12.2 Å². The largest absolute Gasteiger partial charge is 0.294 e. The summed E-state index contributed by atoms with van der Waals surface area (Å²) < 4.78 is 1.30. The van der Waals surface area contributed by atoms with E-state index in [1.165, 1.54) is 17.7 Å². The first-order chi connectivity index (χ1) is 6.06. The normalized spacial score (nSPS) is 10.1. The summed E-state index contributed by atoms with van der Waals surface area (Å²) in [6, 6.07) is 1.52. The summed E-state index contributed by atoms with van der Waals surface area (Å²) in [4.78, 5) is 22.5. The van der Waals surface area contributed by atoms with Crippen LogP contribution in [0.5, 0.6) is 0 Å². The average molecular weight is 180 g/mol. The van der Waals surface area contributed by atoms with Crippen molar-refractivity contribution in [2.24, 2.45) is 0 Å². The lowest BCUT2D eigenvalue weighted by Gasteiger charge is -2.03. The minimum Gasteiger partial charge on any atom is -0.294 e. The predicted molar refractivity (Wildman–Crippen MR) is 48.9 cm³/mol. The summed E-state index contributed by atoms with van der Waals surface area (Å²) >= 11 is 0. The zero-order valence-electron chi connectivity index (χ0n) is 8.00. The van der Waals surface area contributed by atoms with E-state index in [2.05, 4.69) is 5.10 Å². The van der Waals surface area contributed by atoms with Gasteiger partial charge in [0, 0.05) is 6.54 Å². The van der Waals surface area contributed by atoms with Crippen molar-refractivity contribution in [1.82, 2.24) is 9.78 Å². The molecule has 0 radical (unpaired) electrons. The van der Waals surface area contributed by atoms with Gasteiger partial charge in [0.05, 0.1) is 11.3 Å². The number of aromatic nitrogens is 2. The number of nitrogens with zero attached hydrogens (tertiary/aromatic N) is 2. The number of carbonyl (C=O) groups is 1. The molecule has 0 bridgehead atoms. The van der Waals surface area contributed by atoms with Crippen LogP contribution >= 0.6 is 0 Å². The Morgan fingerprint density at radius 2 is 2.23 bits per heavy atom. The third kappa shape index (κ3) is 1.83. The molecule has 0 N–H and O–H groups in total. The molecule has 1 aromatic rings. The molecule has 0 atom stereocenters. The first kappa shape index (κ1) is 9.64. The molecule has 0 aliphatic rings. The fourth-order valence-electron chi connectivity index (χ4n) is 1.14. The lowest BCUT2D eigenvalue weighted by Crippen LogP contribution is -2.27. The summed E-state index contributed by atoms with van der Waals surface area (Å²) in [6.07, 6.45) is 0. The molecule has 0 saturated carbocycles. The van der Waals surface area contributed by atoms with Crippen molar-refractivity contribution in [2.75, 3.05) is 0 Å². The van der Waals surface area contributed by atoms with Gasteiger partial charge in [0.2, 0.25) is 0 Å². The van der Waals surface area contributed by atoms with Crippen molar-refractivity contribution in [3.8, 4) is 0 Å². The Morgan fingerprint density at radius 3 is 2.69 bits per heavy atom. The van der Waals surface area contributed by atoms with Crippen LogP contribution in [0.1, 0.15) is 29.9 Å². The Hall–Kier alpha value is -1.45. The van der Waals surface area contributed by atoms with E-state index in [4.69, 9.17) is 0 Å². The first-order valence-corrected chi connectivity index (χ1v) is 4.16. The minimum absolute atomic E-state index is 0.210. The molecule has 1 heterocycles. The first-order valence-electron chi connectivity index (χ1n) is 4.16. The molecule has 4 nitrogen and oxygen atoms in total. The molecular formula is C9H12N2O2. The van der Waals surface area contributed by atoms with Gasteiger partial charge in [-0.15, -0.1) is 0 Å². The van der Waals surface area contributed by atoms with Crippen molar-refractivity contribution in [1.29, 1.82) is 0 Å². The molecule has 0 spiro atoms. The van der Waals surface area contributed by atoms with Crippen LogP contribution in [0.25, 0.3) is 0 Å². The summed E-state index contributed by atoms with van der Waals surface area (Å²) in [5.74, 6) is -0.210. The van der Waals surface area contributed by atoms with Crippen molar-refractivity contribution >= 4 is 5.78 Å². The number of rotatable bonds is 2. The van der Waals surface area contributed by atoms with Gasteiger partial charge in [-0.1, -0.05) is 0 Å². The quantitative estimate of drug-likeness (QED) is 0.632. The molecule has 0 saturated heterocycles. The maximum atomic E-state index is 11.5. The zero-order chi connectivity index (χ0) is 10.0. The average Bonchev–Trinajstić information content (AvgIpc) is 2.08. The second-order valence-electron chi connectivity index (χ2n) is 2.88. The summed E-state index contributed by atoms with van der Waals surface area (Å²) in [6.45, 7) is 5.45. The molecule has 0 aliphatic carbocycles. The van der Waals surface area contributed by atoms with E-state index in [9.17, 15) is 9.59 Å². The van der Waals surface area contributed by atoms with Gasteiger partial charge in [0.1, 0.15) is 0 Å². The van der Waals surface area contributed by atoms with E-state index >= 15 is 0 Å². The van der Waals surface area contributed by atoms with Crippen LogP contribution in [-0.4, -0.2) is 15.6 Å². The second kappa shape index (κ2) is 3.51. The monoisotopic (exact) mass is 180 g/mol. The van der Waals surface area contributed by atoms with Crippen LogP contribution in [-0.2, 0) is 6.54 Å². The van der Waals surface area contributed by atoms with Gasteiger partial charge in [0.15, 0.2) is 5.78 Å². The molecule has 0 aromatic carbocycles. The molecule has 13 heavy (non-hydrogen) atoms. The topological polar surface area (TPSA) is 52.0 Å². The van der Waals surface area contributed by atoms with Crippen LogP contribution in [0.2, 0.25) is 0 Å². The van der Waals surface area contributed by atoms with Gasteiger partial charge in [0.25, 0.3) is 5.56 Å². The second-order valence-corrected chi connectivity index (χ2v) is 2.88. The van der Waals surface area contributed by atoms with E-state index in [1.807, 2.05) is 6.92 Å². The molecule has 0 amide bonds. The van der Waals surface area contributed by atoms with Gasteiger partial charge in [-0.05, 0) is 26.8 Å². The summed E-state index contributed by atoms with van der Waals surface area (Å²) in [7, 11) is 0. The third-order valence-corrected chi connectivity index (χ3v) is 1.78. The van der Waals surface area contributed by atoms with Gasteiger partial charge in [-0.3, -0.25) is 9.59 Å². The van der Waals surface area contributed by atoms with E-state index in [0.717, 1.165) is 0 Å². The van der Waals surface area contributed by atoms with Crippen LogP contribution in [0.3, 0.4) is 0 Å². The molecule has 0 aliphatic heterocycles. The van der Waals surface area contributed by atoms with Crippen molar-refractivity contribution in [2.45, 2.75) is 27.3 Å². The Labute approximate surface area is 76.2 Å². The van der Waals surface area contributed by atoms with Crippen molar-refractivity contribution in [3.63, 3.8) is 0 Å². The molecule has 0 unspecified atom stereocenters. The third-order valence-electron chi connectivity index (χ3n) is 1.78. The SMILES string of the molecule is CCn1nc(C)cc(C(C)=O)c1=O. The molecule has 4 heteroatoms. The number of aryl methyl sites for hydroxylation is 2. The Morgan fingerprint density at radius 1 is 1.62 bits per heavy atom. The number of hydrogen-bond donors (Lipinski definition) is 0. The number of ketones is 1. The fourth-order valence-corrected chi connectivity index (χ4v) is 1.14. The number of Topliss-reactive ketones (excluding diaryl/α,β-unsaturated/α-hetero) is 1. The van der Waals surface area contributed by atoms with Crippen molar-refractivity contribution < 1.29 is 4.79 Å². The van der Waals surface area contributed by atoms with Crippen LogP contribution in [0, 0.1) is 6.92 Å². The Balaban J connectivity index is 3.45.